The number of carboxylic acids is 1. The number of carboxylic acid groups (broad SMARTS) is 1. The zero-order valence-electron chi connectivity index (χ0n) is 17.2. The van der Waals surface area contributed by atoms with Crippen LogP contribution in [0.15, 0.2) is 48.9 Å². The molecule has 8 nitrogen and oxygen atoms in total. The van der Waals surface area contributed by atoms with Crippen LogP contribution < -0.4 is 9.47 Å². The number of carbonyl (C=O) groups is 2. The Bertz CT molecular complexity index is 1150. The number of methoxy groups -OCH3 is 1. The molecule has 1 aliphatic rings. The Morgan fingerprint density at radius 1 is 1.16 bits per heavy atom. The van der Waals surface area contributed by atoms with Crippen LogP contribution in [0.3, 0.4) is 0 Å². The molecule has 1 fully saturated rings. The minimum Gasteiger partial charge on any atom is -0.481 e. The predicted molar refractivity (Wildman–Crippen MR) is 111 cm³/mol. The lowest BCUT2D eigenvalue weighted by Crippen LogP contribution is -2.12. The fourth-order valence-corrected chi connectivity index (χ4v) is 3.51. The summed E-state index contributed by atoms with van der Waals surface area (Å²) >= 11 is 0. The number of carbonyl (C=O) groups excluding carboxylic acids is 1. The topological polar surface area (TPSA) is 112 Å². The standard InChI is InChI=1S/C23H20FN3O5/c1-31-21-8-17(18(24)10-27-21)19-11-26-20(12-25-19)23(30)32-15-4-2-3-14(7-15)16(9-22(28)29)13-5-6-13/h2-4,7-8,10-13,16H,5-6,9H2,1H3,(H,28,29)/t16-/m0/s1. The van der Waals surface area contributed by atoms with Crippen LogP contribution in [0.5, 0.6) is 11.6 Å². The number of ether oxygens (including phenoxy) is 2. The molecule has 0 radical (unpaired) electrons. The Kier molecular flexibility index (Phi) is 6.07. The molecule has 0 saturated heterocycles. The number of halogens is 1. The normalized spacial score (nSPS) is 13.9. The van der Waals surface area contributed by atoms with Gasteiger partial charge in [0.05, 0.1) is 37.8 Å². The van der Waals surface area contributed by atoms with Crippen LogP contribution in [0.1, 0.15) is 41.2 Å². The van der Waals surface area contributed by atoms with E-state index in [1.165, 1.54) is 25.6 Å². The molecule has 2 heterocycles. The van der Waals surface area contributed by atoms with Crippen molar-refractivity contribution in [2.24, 2.45) is 5.92 Å². The third kappa shape index (κ3) is 4.88. The Morgan fingerprint density at radius 2 is 1.97 bits per heavy atom. The number of aromatic nitrogens is 3. The fourth-order valence-electron chi connectivity index (χ4n) is 3.51. The summed E-state index contributed by atoms with van der Waals surface area (Å²) in [4.78, 5) is 35.6. The lowest BCUT2D eigenvalue weighted by Gasteiger charge is -2.15. The van der Waals surface area contributed by atoms with Crippen LogP contribution in [0.4, 0.5) is 4.39 Å². The van der Waals surface area contributed by atoms with E-state index < -0.39 is 17.8 Å². The molecule has 1 N–H and O–H groups in total. The van der Waals surface area contributed by atoms with Gasteiger partial charge in [0.2, 0.25) is 5.88 Å². The quantitative estimate of drug-likeness (QED) is 0.418. The van der Waals surface area contributed by atoms with Crippen molar-refractivity contribution >= 4 is 11.9 Å². The molecular formula is C23H20FN3O5. The molecular weight excluding hydrogens is 417 g/mol. The first-order valence-corrected chi connectivity index (χ1v) is 10.0. The van der Waals surface area contributed by atoms with Crippen molar-refractivity contribution in [3.05, 3.63) is 66.0 Å². The first-order valence-electron chi connectivity index (χ1n) is 10.0. The highest BCUT2D eigenvalue weighted by molar-refractivity contribution is 5.88. The molecule has 0 spiro atoms. The molecule has 0 unspecified atom stereocenters. The van der Waals surface area contributed by atoms with Crippen LogP contribution >= 0.6 is 0 Å². The Balaban J connectivity index is 1.49. The van der Waals surface area contributed by atoms with Gasteiger partial charge in [0, 0.05) is 11.6 Å². The first-order chi connectivity index (χ1) is 15.4. The summed E-state index contributed by atoms with van der Waals surface area (Å²) in [5, 5.41) is 9.20. The van der Waals surface area contributed by atoms with Gasteiger partial charge in [-0.3, -0.25) is 9.78 Å². The van der Waals surface area contributed by atoms with E-state index in [0.29, 0.717) is 11.7 Å². The van der Waals surface area contributed by atoms with Gasteiger partial charge >= 0.3 is 11.9 Å². The van der Waals surface area contributed by atoms with E-state index in [4.69, 9.17) is 9.47 Å². The van der Waals surface area contributed by atoms with Crippen molar-refractivity contribution < 1.29 is 28.6 Å². The molecule has 9 heteroatoms. The average molecular weight is 437 g/mol. The summed E-state index contributed by atoms with van der Waals surface area (Å²) in [5.74, 6) is -1.45. The maximum atomic E-state index is 14.1. The predicted octanol–water partition coefficient (Wildman–Crippen LogP) is 3.87. The van der Waals surface area contributed by atoms with E-state index >= 15 is 0 Å². The molecule has 0 amide bonds. The number of esters is 1. The SMILES string of the molecule is COc1cc(-c2cnc(C(=O)Oc3cccc([C@@H](CC(=O)O)C4CC4)c3)cn2)c(F)cn1. The highest BCUT2D eigenvalue weighted by atomic mass is 19.1. The zero-order valence-corrected chi connectivity index (χ0v) is 17.2. The molecule has 4 rings (SSSR count). The number of hydrogen-bond donors (Lipinski definition) is 1. The monoisotopic (exact) mass is 437 g/mol. The zero-order chi connectivity index (χ0) is 22.7. The molecule has 1 saturated carbocycles. The maximum absolute atomic E-state index is 14.1. The van der Waals surface area contributed by atoms with Gasteiger partial charge in [-0.25, -0.2) is 19.2 Å². The minimum atomic E-state index is -0.858. The molecule has 0 aliphatic heterocycles. The number of nitrogens with zero attached hydrogens (tertiary/aromatic N) is 3. The Hall–Kier alpha value is -3.88. The Labute approximate surface area is 183 Å². The third-order valence-electron chi connectivity index (χ3n) is 5.26. The lowest BCUT2D eigenvalue weighted by atomic mass is 9.91. The smallest absolute Gasteiger partial charge is 0.363 e. The van der Waals surface area contributed by atoms with Gasteiger partial charge in [-0.05, 0) is 42.4 Å². The molecule has 1 aliphatic carbocycles. The van der Waals surface area contributed by atoms with Gasteiger partial charge in [-0.15, -0.1) is 0 Å². The minimum absolute atomic E-state index is 0.0331. The van der Waals surface area contributed by atoms with Crippen molar-refractivity contribution in [3.63, 3.8) is 0 Å². The summed E-state index contributed by atoms with van der Waals surface area (Å²) in [5.41, 5.74) is 1.12. The van der Waals surface area contributed by atoms with Gasteiger partial charge in [0.1, 0.15) is 5.75 Å². The van der Waals surface area contributed by atoms with Crippen molar-refractivity contribution in [1.82, 2.24) is 15.0 Å². The van der Waals surface area contributed by atoms with Crippen LogP contribution in [0.25, 0.3) is 11.3 Å². The van der Waals surface area contributed by atoms with E-state index in [2.05, 4.69) is 15.0 Å². The van der Waals surface area contributed by atoms with Gasteiger partial charge in [0.25, 0.3) is 0 Å². The van der Waals surface area contributed by atoms with E-state index in [9.17, 15) is 19.1 Å². The number of pyridine rings is 1. The second kappa shape index (κ2) is 9.09. The van der Waals surface area contributed by atoms with Gasteiger partial charge in [0.15, 0.2) is 11.5 Å². The summed E-state index contributed by atoms with van der Waals surface area (Å²) in [6.07, 6.45) is 5.50. The number of aliphatic carboxylic acids is 1. The van der Waals surface area contributed by atoms with E-state index in [1.807, 2.05) is 6.07 Å². The van der Waals surface area contributed by atoms with E-state index in [0.717, 1.165) is 24.6 Å². The first kappa shape index (κ1) is 21.4. The largest absolute Gasteiger partial charge is 0.481 e. The molecule has 3 aromatic rings. The van der Waals surface area contributed by atoms with Gasteiger partial charge in [-0.2, -0.15) is 0 Å². The Morgan fingerprint density at radius 3 is 2.62 bits per heavy atom. The molecule has 2 aromatic heterocycles. The van der Waals surface area contributed by atoms with Gasteiger partial charge in [-0.1, -0.05) is 12.1 Å². The molecule has 1 aromatic carbocycles. The second-order valence-corrected chi connectivity index (χ2v) is 7.50. The molecule has 164 valence electrons. The highest BCUT2D eigenvalue weighted by Gasteiger charge is 2.34. The summed E-state index contributed by atoms with van der Waals surface area (Å²) < 4.78 is 24.5. The highest BCUT2D eigenvalue weighted by Crippen LogP contribution is 2.45. The number of rotatable bonds is 8. The summed E-state index contributed by atoms with van der Waals surface area (Å²) in [6.45, 7) is 0. The van der Waals surface area contributed by atoms with Crippen molar-refractivity contribution in [2.75, 3.05) is 7.11 Å². The second-order valence-electron chi connectivity index (χ2n) is 7.50. The van der Waals surface area contributed by atoms with Crippen LogP contribution in [0.2, 0.25) is 0 Å². The summed E-state index contributed by atoms with van der Waals surface area (Å²) in [7, 11) is 1.42. The number of benzene rings is 1. The molecule has 1 atom stereocenters. The van der Waals surface area contributed by atoms with Gasteiger partial charge < -0.3 is 14.6 Å². The maximum Gasteiger partial charge on any atom is 0.363 e. The molecule has 32 heavy (non-hydrogen) atoms. The van der Waals surface area contributed by atoms with Crippen molar-refractivity contribution in [2.45, 2.75) is 25.2 Å². The van der Waals surface area contributed by atoms with Crippen LogP contribution in [0, 0.1) is 11.7 Å². The van der Waals surface area contributed by atoms with E-state index in [-0.39, 0.29) is 35.2 Å². The van der Waals surface area contributed by atoms with Crippen molar-refractivity contribution in [1.29, 1.82) is 0 Å². The lowest BCUT2D eigenvalue weighted by molar-refractivity contribution is -0.137. The van der Waals surface area contributed by atoms with Crippen molar-refractivity contribution in [3.8, 4) is 22.9 Å². The van der Waals surface area contributed by atoms with Crippen LogP contribution in [-0.4, -0.2) is 39.1 Å². The summed E-state index contributed by atoms with van der Waals surface area (Å²) in [6, 6.07) is 8.26. The fraction of sp³-hybridized carbons (Fsp3) is 0.261. The number of hydrogen-bond acceptors (Lipinski definition) is 7. The molecule has 0 bridgehead atoms. The van der Waals surface area contributed by atoms with Crippen LogP contribution in [-0.2, 0) is 4.79 Å². The third-order valence-corrected chi connectivity index (χ3v) is 5.26. The van der Waals surface area contributed by atoms with E-state index in [1.54, 1.807) is 18.2 Å². The average Bonchev–Trinajstić information content (AvgIpc) is 3.63.